The van der Waals surface area contributed by atoms with Gasteiger partial charge in [-0.05, 0) is 111 Å². The van der Waals surface area contributed by atoms with E-state index in [9.17, 15) is 9.59 Å². The van der Waals surface area contributed by atoms with Crippen LogP contribution in [0.4, 0.5) is 17.1 Å². The Kier molecular flexibility index (Phi) is 10.5. The molecule has 1 fully saturated rings. The van der Waals surface area contributed by atoms with Crippen molar-refractivity contribution in [2.75, 3.05) is 35.2 Å². The molecule has 0 aromatic heterocycles. The first-order valence-electron chi connectivity index (χ1n) is 15.1. The molecule has 4 aromatic carbocycles. The number of amides is 2. The first-order valence-corrected chi connectivity index (χ1v) is 16.0. The van der Waals surface area contributed by atoms with Crippen LogP contribution in [0, 0.1) is 6.92 Å². The molecule has 1 aliphatic heterocycles. The molecule has 0 radical (unpaired) electrons. The Balaban J connectivity index is 1.31. The van der Waals surface area contributed by atoms with E-state index in [1.165, 1.54) is 35.1 Å². The number of nitrogens with one attached hydrogen (secondary N) is 3. The Bertz CT molecular complexity index is 1530. The predicted molar refractivity (Wildman–Crippen MR) is 179 cm³/mol. The zero-order chi connectivity index (χ0) is 30.0. The fourth-order valence-corrected chi connectivity index (χ4v) is 5.87. The number of benzene rings is 4. The maximum atomic E-state index is 13.7. The molecule has 1 heterocycles. The summed E-state index contributed by atoms with van der Waals surface area (Å²) in [6.45, 7) is 6.88. The van der Waals surface area contributed by atoms with E-state index in [0.717, 1.165) is 61.6 Å². The highest BCUT2D eigenvalue weighted by atomic mass is 32.2. The number of carbonyl (C=O) groups is 2. The molecular weight excluding hydrogens is 552 g/mol. The lowest BCUT2D eigenvalue weighted by atomic mass is 10.0. The average Bonchev–Trinajstić information content (AvgIpc) is 3.05. The van der Waals surface area contributed by atoms with E-state index in [-0.39, 0.29) is 11.8 Å². The molecule has 2 amide bonds. The number of rotatable bonds is 11. The highest BCUT2D eigenvalue weighted by Gasteiger charge is 2.19. The van der Waals surface area contributed by atoms with Crippen molar-refractivity contribution in [1.82, 2.24) is 4.72 Å². The van der Waals surface area contributed by atoms with Crippen molar-refractivity contribution >= 4 is 40.8 Å². The van der Waals surface area contributed by atoms with Gasteiger partial charge in [0.05, 0.1) is 11.3 Å². The molecule has 222 valence electrons. The number of anilines is 3. The summed E-state index contributed by atoms with van der Waals surface area (Å²) in [6, 6.07) is 29.9. The van der Waals surface area contributed by atoms with Crippen LogP contribution in [-0.2, 0) is 12.8 Å². The van der Waals surface area contributed by atoms with E-state index in [1.807, 2.05) is 55.5 Å². The molecular formula is C36H40N4O2S. The molecule has 6 nitrogen and oxygen atoms in total. The summed E-state index contributed by atoms with van der Waals surface area (Å²) in [6.07, 6.45) is 5.40. The van der Waals surface area contributed by atoms with Crippen LogP contribution in [0.5, 0.6) is 0 Å². The number of carbonyl (C=O) groups excluding carboxylic acids is 2. The third kappa shape index (κ3) is 8.49. The summed E-state index contributed by atoms with van der Waals surface area (Å²) in [7, 11) is 0. The molecule has 0 spiro atoms. The van der Waals surface area contributed by atoms with Crippen LogP contribution in [0.3, 0.4) is 0 Å². The van der Waals surface area contributed by atoms with Gasteiger partial charge >= 0.3 is 0 Å². The van der Waals surface area contributed by atoms with E-state index in [1.54, 1.807) is 6.07 Å². The van der Waals surface area contributed by atoms with Gasteiger partial charge < -0.3 is 15.5 Å². The minimum Gasteiger partial charge on any atom is -0.372 e. The summed E-state index contributed by atoms with van der Waals surface area (Å²) in [5.41, 5.74) is 6.98. The lowest BCUT2D eigenvalue weighted by molar-refractivity contribution is 0.102. The predicted octanol–water partition coefficient (Wildman–Crippen LogP) is 7.89. The van der Waals surface area contributed by atoms with E-state index in [4.69, 9.17) is 0 Å². The van der Waals surface area contributed by atoms with Gasteiger partial charge in [-0.15, -0.1) is 0 Å². The molecule has 3 N–H and O–H groups in total. The summed E-state index contributed by atoms with van der Waals surface area (Å²) in [5.74, 6) is -0.505. The Morgan fingerprint density at radius 1 is 0.767 bits per heavy atom. The van der Waals surface area contributed by atoms with Crippen molar-refractivity contribution in [3.8, 4) is 0 Å². The second-order valence-corrected chi connectivity index (χ2v) is 12.0. The summed E-state index contributed by atoms with van der Waals surface area (Å²) >= 11 is 1.49. The van der Waals surface area contributed by atoms with E-state index in [0.29, 0.717) is 16.8 Å². The minimum atomic E-state index is -0.253. The molecule has 7 heteroatoms. The third-order valence-corrected chi connectivity index (χ3v) is 8.61. The first kappa shape index (κ1) is 30.4. The second-order valence-electron chi connectivity index (χ2n) is 11.0. The molecule has 0 saturated carbocycles. The van der Waals surface area contributed by atoms with Crippen LogP contribution in [-0.4, -0.2) is 31.4 Å². The van der Waals surface area contributed by atoms with Crippen molar-refractivity contribution < 1.29 is 9.59 Å². The minimum absolute atomic E-state index is 0.252. The first-order chi connectivity index (χ1) is 21.0. The van der Waals surface area contributed by atoms with E-state index >= 15 is 0 Å². The number of piperidine rings is 1. The van der Waals surface area contributed by atoms with Crippen molar-refractivity contribution in [2.45, 2.75) is 50.8 Å². The number of aryl methyl sites for hydroxylation is 3. The van der Waals surface area contributed by atoms with Crippen LogP contribution in [0.15, 0.2) is 95.9 Å². The fraction of sp³-hybridized carbons (Fsp3) is 0.278. The Labute approximate surface area is 259 Å². The summed E-state index contributed by atoms with van der Waals surface area (Å²) in [4.78, 5) is 30.3. The number of hydrogen-bond donors (Lipinski definition) is 3. The van der Waals surface area contributed by atoms with Gasteiger partial charge in [0, 0.05) is 41.5 Å². The van der Waals surface area contributed by atoms with Crippen molar-refractivity contribution in [2.24, 2.45) is 0 Å². The van der Waals surface area contributed by atoms with Crippen LogP contribution < -0.4 is 20.3 Å². The van der Waals surface area contributed by atoms with Gasteiger partial charge in [-0.25, -0.2) is 0 Å². The van der Waals surface area contributed by atoms with Crippen molar-refractivity contribution in [3.63, 3.8) is 0 Å². The maximum Gasteiger partial charge on any atom is 0.257 e. The van der Waals surface area contributed by atoms with Gasteiger partial charge in [-0.1, -0.05) is 55.0 Å². The van der Waals surface area contributed by atoms with E-state index in [2.05, 4.69) is 63.6 Å². The van der Waals surface area contributed by atoms with Crippen molar-refractivity contribution in [3.05, 3.63) is 119 Å². The van der Waals surface area contributed by atoms with Crippen molar-refractivity contribution in [1.29, 1.82) is 0 Å². The van der Waals surface area contributed by atoms with Crippen LogP contribution >= 0.6 is 11.9 Å². The SMILES string of the molecule is CCNSc1cccc(C(=O)Nc2ccc(N3CCCCC3)cc2C(=O)Nc2ccc(CCc3ccc(C)cc3)cc2)c1. The molecule has 1 aliphatic rings. The molecule has 0 unspecified atom stereocenters. The highest BCUT2D eigenvalue weighted by Crippen LogP contribution is 2.28. The molecule has 5 rings (SSSR count). The molecule has 4 aromatic rings. The maximum absolute atomic E-state index is 13.7. The monoisotopic (exact) mass is 592 g/mol. The third-order valence-electron chi connectivity index (χ3n) is 7.68. The smallest absolute Gasteiger partial charge is 0.257 e. The van der Waals surface area contributed by atoms with E-state index < -0.39 is 0 Å². The van der Waals surface area contributed by atoms with Crippen LogP contribution in [0.2, 0.25) is 0 Å². The van der Waals surface area contributed by atoms with Gasteiger partial charge in [0.25, 0.3) is 11.8 Å². The van der Waals surface area contributed by atoms with Gasteiger partial charge in [0.2, 0.25) is 0 Å². The Morgan fingerprint density at radius 3 is 2.16 bits per heavy atom. The molecule has 0 atom stereocenters. The van der Waals surface area contributed by atoms with Gasteiger partial charge in [-0.2, -0.15) is 0 Å². The summed E-state index contributed by atoms with van der Waals surface area (Å²) < 4.78 is 3.21. The quantitative estimate of drug-likeness (QED) is 0.155. The fourth-order valence-electron chi connectivity index (χ4n) is 5.23. The zero-order valence-corrected chi connectivity index (χ0v) is 25.8. The lowest BCUT2D eigenvalue weighted by Crippen LogP contribution is -2.29. The molecule has 0 bridgehead atoms. The second kappa shape index (κ2) is 14.9. The number of hydrogen-bond acceptors (Lipinski definition) is 5. The zero-order valence-electron chi connectivity index (χ0n) is 25.0. The topological polar surface area (TPSA) is 73.5 Å². The van der Waals surface area contributed by atoms with Crippen LogP contribution in [0.1, 0.15) is 63.6 Å². The molecule has 1 saturated heterocycles. The molecule has 43 heavy (non-hydrogen) atoms. The van der Waals surface area contributed by atoms with Gasteiger partial charge in [0.15, 0.2) is 0 Å². The normalized spacial score (nSPS) is 13.0. The number of nitrogens with zero attached hydrogens (tertiary/aromatic N) is 1. The van der Waals surface area contributed by atoms with Crippen LogP contribution in [0.25, 0.3) is 0 Å². The van der Waals surface area contributed by atoms with Gasteiger partial charge in [0.1, 0.15) is 0 Å². The largest absolute Gasteiger partial charge is 0.372 e. The lowest BCUT2D eigenvalue weighted by Gasteiger charge is -2.29. The van der Waals surface area contributed by atoms with Gasteiger partial charge in [-0.3, -0.25) is 14.3 Å². The Hall–Kier alpha value is -4.07. The summed E-state index contributed by atoms with van der Waals surface area (Å²) in [5, 5.41) is 6.06. The molecule has 0 aliphatic carbocycles. The standard InChI is InChI=1S/C36H40N4O2S/c1-3-37-43-32-9-7-8-29(24-32)35(41)39-34-21-20-31(40-22-5-4-6-23-40)25-33(34)36(42)38-30-18-16-28(17-19-30)15-14-27-12-10-26(2)11-13-27/h7-13,16-21,24-25,37H,3-6,14-15,22-23H2,1-2H3,(H,38,42)(H,39,41). The average molecular weight is 593 g/mol. The highest BCUT2D eigenvalue weighted by molar-refractivity contribution is 7.97. The Morgan fingerprint density at radius 2 is 1.47 bits per heavy atom.